The Morgan fingerprint density at radius 2 is 1.76 bits per heavy atom. The summed E-state index contributed by atoms with van der Waals surface area (Å²) in [6, 6.07) is -0.544. The Morgan fingerprint density at radius 3 is 2.14 bits per heavy atom. The first kappa shape index (κ1) is 20.1. The van der Waals surface area contributed by atoms with E-state index in [9.17, 15) is 18.3 Å². The van der Waals surface area contributed by atoms with Crippen molar-refractivity contribution in [1.29, 1.82) is 0 Å². The number of carbonyl (C=O) groups excluding carboxylic acids is 1. The minimum absolute atomic E-state index is 0.0294. The Bertz CT molecular complexity index is 438. The maximum Gasteiger partial charge on any atom is 0.407 e. The highest BCUT2D eigenvalue weighted by atomic mass is 32.2. The van der Waals surface area contributed by atoms with E-state index in [-0.39, 0.29) is 13.2 Å². The molecule has 0 aliphatic carbocycles. The van der Waals surface area contributed by atoms with Crippen LogP contribution in [0.25, 0.3) is 0 Å². The first-order valence-corrected chi connectivity index (χ1v) is 8.50. The maximum absolute atomic E-state index is 11.7. The van der Waals surface area contributed by atoms with Gasteiger partial charge in [-0.1, -0.05) is 13.8 Å². The summed E-state index contributed by atoms with van der Waals surface area (Å²) in [6.07, 6.45) is 0.700. The molecule has 0 spiro atoms. The summed E-state index contributed by atoms with van der Waals surface area (Å²) in [5.41, 5.74) is -1.16. The van der Waals surface area contributed by atoms with Gasteiger partial charge in [0.15, 0.2) is 0 Å². The zero-order valence-corrected chi connectivity index (χ0v) is 14.4. The van der Waals surface area contributed by atoms with E-state index in [0.717, 1.165) is 6.26 Å². The van der Waals surface area contributed by atoms with Crippen LogP contribution in [0.1, 0.15) is 41.0 Å². The minimum Gasteiger partial charge on any atom is -0.444 e. The fourth-order valence-electron chi connectivity index (χ4n) is 1.63. The van der Waals surface area contributed by atoms with Crippen molar-refractivity contribution in [2.75, 3.05) is 19.5 Å². The molecule has 0 aromatic rings. The average Bonchev–Trinajstić information content (AvgIpc) is 2.21. The predicted octanol–water partition coefficient (Wildman–Crippen LogP) is 1.26. The minimum atomic E-state index is -3.52. The van der Waals surface area contributed by atoms with Crippen LogP contribution in [0.5, 0.6) is 0 Å². The number of hydrogen-bond acceptors (Lipinski definition) is 6. The topological polar surface area (TPSA) is 102 Å². The van der Waals surface area contributed by atoms with Crippen molar-refractivity contribution in [1.82, 2.24) is 5.32 Å². The van der Waals surface area contributed by atoms with Gasteiger partial charge in [-0.3, -0.25) is 4.18 Å². The molecular formula is C13H27NO6S. The highest BCUT2D eigenvalue weighted by Gasteiger charge is 2.27. The Balaban J connectivity index is 4.51. The lowest BCUT2D eigenvalue weighted by Crippen LogP contribution is -2.43. The Hall–Kier alpha value is -0.860. The third-order valence-corrected chi connectivity index (χ3v) is 2.95. The first-order chi connectivity index (χ1) is 9.24. The van der Waals surface area contributed by atoms with Crippen LogP contribution >= 0.6 is 0 Å². The van der Waals surface area contributed by atoms with E-state index in [0.29, 0.717) is 6.42 Å². The van der Waals surface area contributed by atoms with Crippen LogP contribution in [0.15, 0.2) is 0 Å². The van der Waals surface area contributed by atoms with Gasteiger partial charge in [0, 0.05) is 0 Å². The van der Waals surface area contributed by atoms with Crippen LogP contribution in [0, 0.1) is 5.41 Å². The van der Waals surface area contributed by atoms with Gasteiger partial charge in [-0.05, 0) is 32.6 Å². The number of carbonyl (C=O) groups is 1. The molecule has 0 radical (unpaired) electrons. The summed E-state index contributed by atoms with van der Waals surface area (Å²) < 4.78 is 31.9. The van der Waals surface area contributed by atoms with Crippen LogP contribution in [-0.2, 0) is 19.0 Å². The van der Waals surface area contributed by atoms with E-state index in [1.807, 2.05) is 0 Å². The normalized spacial score (nSPS) is 14.6. The van der Waals surface area contributed by atoms with Crippen molar-refractivity contribution in [2.45, 2.75) is 52.7 Å². The van der Waals surface area contributed by atoms with E-state index in [2.05, 4.69) is 5.32 Å². The van der Waals surface area contributed by atoms with Gasteiger partial charge in [-0.2, -0.15) is 8.42 Å². The van der Waals surface area contributed by atoms with Crippen molar-refractivity contribution in [3.05, 3.63) is 0 Å². The highest BCUT2D eigenvalue weighted by molar-refractivity contribution is 7.85. The van der Waals surface area contributed by atoms with Crippen LogP contribution in [-0.4, -0.2) is 50.7 Å². The summed E-state index contributed by atoms with van der Waals surface area (Å²) in [6.45, 7) is 8.49. The molecule has 0 bridgehead atoms. The molecule has 0 saturated heterocycles. The fourth-order valence-corrected chi connectivity index (χ4v) is 2.16. The van der Waals surface area contributed by atoms with Gasteiger partial charge in [-0.25, -0.2) is 4.79 Å². The highest BCUT2D eigenvalue weighted by Crippen LogP contribution is 2.23. The lowest BCUT2D eigenvalue weighted by atomic mass is 9.87. The summed E-state index contributed by atoms with van der Waals surface area (Å²) in [5, 5.41) is 11.9. The standard InChI is InChI=1S/C13H27NO6S/c1-12(2,3)20-11(16)14-10(8-15)7-13(4,5)9-19-21(6,17)18/h10,15H,7-9H2,1-6H3,(H,14,16)/t10-/m1/s1. The van der Waals surface area contributed by atoms with Gasteiger partial charge in [0.05, 0.1) is 25.5 Å². The van der Waals surface area contributed by atoms with Crippen molar-refractivity contribution in [3.63, 3.8) is 0 Å². The van der Waals surface area contributed by atoms with Crippen molar-refractivity contribution >= 4 is 16.2 Å². The molecule has 21 heavy (non-hydrogen) atoms. The van der Waals surface area contributed by atoms with Crippen LogP contribution in [0.3, 0.4) is 0 Å². The lowest BCUT2D eigenvalue weighted by Gasteiger charge is -2.29. The SMILES string of the molecule is CC(C)(COS(C)(=O)=O)C[C@H](CO)NC(=O)OC(C)(C)C. The number of rotatable bonds is 7. The molecule has 0 rings (SSSR count). The van der Waals surface area contributed by atoms with Gasteiger partial charge in [0.2, 0.25) is 0 Å². The molecule has 0 unspecified atom stereocenters. The van der Waals surface area contributed by atoms with Crippen LogP contribution in [0.2, 0.25) is 0 Å². The number of aliphatic hydroxyl groups excluding tert-OH is 1. The molecule has 0 saturated carbocycles. The third kappa shape index (κ3) is 11.5. The number of alkyl carbamates (subject to hydrolysis) is 1. The zero-order chi connectivity index (χ0) is 16.9. The van der Waals surface area contributed by atoms with Crippen LogP contribution in [0.4, 0.5) is 4.79 Å². The van der Waals surface area contributed by atoms with Crippen molar-refractivity contribution in [3.8, 4) is 0 Å². The molecule has 0 aliphatic rings. The smallest absolute Gasteiger partial charge is 0.407 e. The zero-order valence-electron chi connectivity index (χ0n) is 13.6. The second-order valence-electron chi connectivity index (χ2n) is 6.86. The second kappa shape index (κ2) is 7.42. The summed E-state index contributed by atoms with van der Waals surface area (Å²) >= 11 is 0. The Kier molecular flexibility index (Phi) is 7.11. The molecule has 0 heterocycles. The van der Waals surface area contributed by atoms with E-state index >= 15 is 0 Å². The maximum atomic E-state index is 11.7. The number of hydrogen-bond donors (Lipinski definition) is 2. The molecule has 2 N–H and O–H groups in total. The van der Waals surface area contributed by atoms with E-state index in [1.165, 1.54) is 0 Å². The van der Waals surface area contributed by atoms with Crippen molar-refractivity contribution < 1.29 is 27.2 Å². The van der Waals surface area contributed by atoms with E-state index < -0.39 is 33.3 Å². The van der Waals surface area contributed by atoms with Crippen molar-refractivity contribution in [2.24, 2.45) is 5.41 Å². The Morgan fingerprint density at radius 1 is 1.24 bits per heavy atom. The van der Waals surface area contributed by atoms with Gasteiger partial charge < -0.3 is 15.2 Å². The molecule has 1 atom stereocenters. The fraction of sp³-hybridized carbons (Fsp3) is 0.923. The summed E-state index contributed by atoms with van der Waals surface area (Å²) in [7, 11) is -3.52. The Labute approximate surface area is 127 Å². The molecule has 8 heteroatoms. The van der Waals surface area contributed by atoms with Gasteiger partial charge in [-0.15, -0.1) is 0 Å². The monoisotopic (exact) mass is 325 g/mol. The summed E-state index contributed by atoms with van der Waals surface area (Å²) in [4.78, 5) is 11.7. The molecule has 0 fully saturated rings. The quantitative estimate of drug-likeness (QED) is 0.683. The molecule has 0 aliphatic heterocycles. The second-order valence-corrected chi connectivity index (χ2v) is 8.50. The average molecular weight is 325 g/mol. The largest absolute Gasteiger partial charge is 0.444 e. The molecule has 126 valence electrons. The molecule has 7 nitrogen and oxygen atoms in total. The van der Waals surface area contributed by atoms with E-state index in [4.69, 9.17) is 8.92 Å². The number of aliphatic hydroxyl groups is 1. The van der Waals surface area contributed by atoms with Gasteiger partial charge >= 0.3 is 6.09 Å². The molecule has 1 amide bonds. The number of amides is 1. The van der Waals surface area contributed by atoms with Gasteiger partial charge in [0.25, 0.3) is 10.1 Å². The lowest BCUT2D eigenvalue weighted by molar-refractivity contribution is 0.0448. The molecule has 0 aromatic carbocycles. The molecular weight excluding hydrogens is 298 g/mol. The van der Waals surface area contributed by atoms with E-state index in [1.54, 1.807) is 34.6 Å². The molecule has 0 aromatic heterocycles. The third-order valence-electron chi connectivity index (χ3n) is 2.40. The summed E-state index contributed by atoms with van der Waals surface area (Å²) in [5.74, 6) is 0. The predicted molar refractivity (Wildman–Crippen MR) is 79.4 cm³/mol. The number of nitrogens with one attached hydrogen (secondary N) is 1. The van der Waals surface area contributed by atoms with Crippen LogP contribution < -0.4 is 5.32 Å². The first-order valence-electron chi connectivity index (χ1n) is 6.69. The van der Waals surface area contributed by atoms with Gasteiger partial charge in [0.1, 0.15) is 5.60 Å². The number of ether oxygens (including phenoxy) is 1.